The predicted octanol–water partition coefficient (Wildman–Crippen LogP) is 7.08. The second kappa shape index (κ2) is 9.85. The number of hydrogen-bond acceptors (Lipinski definition) is 3. The van der Waals surface area contributed by atoms with Crippen LogP contribution in [0.4, 0.5) is 10.1 Å². The van der Waals surface area contributed by atoms with Gasteiger partial charge in [-0.15, -0.1) is 0 Å². The normalized spacial score (nSPS) is 11.0. The molecule has 0 saturated heterocycles. The van der Waals surface area contributed by atoms with Gasteiger partial charge in [-0.3, -0.25) is 4.99 Å². The van der Waals surface area contributed by atoms with Gasteiger partial charge in [-0.1, -0.05) is 18.2 Å². The molecule has 3 nitrogen and oxygen atoms in total. The van der Waals surface area contributed by atoms with Crippen LogP contribution in [-0.4, -0.2) is 12.8 Å². The van der Waals surface area contributed by atoms with E-state index in [1.165, 1.54) is 6.07 Å². The van der Waals surface area contributed by atoms with Crippen LogP contribution in [0.2, 0.25) is 0 Å². The average molecular weight is 507 g/mol. The summed E-state index contributed by atoms with van der Waals surface area (Å²) in [6, 6.07) is 17.9. The Morgan fingerprint density at radius 1 is 0.964 bits per heavy atom. The molecule has 0 aliphatic rings. The number of benzene rings is 3. The van der Waals surface area contributed by atoms with Gasteiger partial charge in [0.25, 0.3) is 0 Å². The Balaban J connectivity index is 1.71. The van der Waals surface area contributed by atoms with Crippen molar-refractivity contribution in [2.75, 3.05) is 6.61 Å². The van der Waals surface area contributed by atoms with Gasteiger partial charge in [0.05, 0.1) is 21.2 Å². The molecule has 6 heteroatoms. The molecular weight excluding hydrogens is 489 g/mol. The molecule has 28 heavy (non-hydrogen) atoms. The van der Waals surface area contributed by atoms with Gasteiger partial charge in [0, 0.05) is 11.8 Å². The maximum Gasteiger partial charge on any atom is 0.148 e. The Morgan fingerprint density at radius 2 is 1.64 bits per heavy atom. The number of ether oxygens (including phenoxy) is 2. The summed E-state index contributed by atoms with van der Waals surface area (Å²) in [5, 5.41) is 0. The molecule has 0 aliphatic carbocycles. The van der Waals surface area contributed by atoms with E-state index in [0.29, 0.717) is 17.9 Å². The van der Waals surface area contributed by atoms with Crippen molar-refractivity contribution in [3.05, 3.63) is 86.6 Å². The molecule has 0 unspecified atom stereocenters. The quantitative estimate of drug-likeness (QED) is 0.320. The highest BCUT2D eigenvalue weighted by molar-refractivity contribution is 9.11. The molecule has 3 aromatic carbocycles. The van der Waals surface area contributed by atoms with Crippen molar-refractivity contribution in [2.24, 2.45) is 4.99 Å². The Labute approximate surface area is 180 Å². The number of rotatable bonds is 7. The fourth-order valence-electron chi connectivity index (χ4n) is 2.50. The minimum absolute atomic E-state index is 0.142. The number of halogens is 3. The SMILES string of the molecule is CCOc1ccc(N=Cc2cc(Br)c(OCc3ccccc3F)c(Br)c2)cc1. The average Bonchev–Trinajstić information content (AvgIpc) is 2.68. The van der Waals surface area contributed by atoms with Gasteiger partial charge in [-0.25, -0.2) is 4.39 Å². The van der Waals surface area contributed by atoms with Crippen molar-refractivity contribution >= 4 is 43.8 Å². The van der Waals surface area contributed by atoms with Crippen LogP contribution in [0, 0.1) is 5.82 Å². The molecule has 0 N–H and O–H groups in total. The third-order valence-corrected chi connectivity index (χ3v) is 5.04. The highest BCUT2D eigenvalue weighted by Gasteiger charge is 2.10. The van der Waals surface area contributed by atoms with Gasteiger partial charge in [-0.05, 0) is 86.8 Å². The maximum absolute atomic E-state index is 13.8. The molecule has 0 amide bonds. The van der Waals surface area contributed by atoms with Crippen molar-refractivity contribution < 1.29 is 13.9 Å². The van der Waals surface area contributed by atoms with E-state index in [9.17, 15) is 4.39 Å². The lowest BCUT2D eigenvalue weighted by Gasteiger charge is -2.12. The monoisotopic (exact) mass is 505 g/mol. The van der Waals surface area contributed by atoms with Gasteiger partial charge >= 0.3 is 0 Å². The second-order valence-corrected chi connectivity index (χ2v) is 7.59. The van der Waals surface area contributed by atoms with Gasteiger partial charge in [0.2, 0.25) is 0 Å². The van der Waals surface area contributed by atoms with Crippen LogP contribution in [0.3, 0.4) is 0 Å². The fraction of sp³-hybridized carbons (Fsp3) is 0.136. The zero-order valence-corrected chi connectivity index (χ0v) is 18.3. The van der Waals surface area contributed by atoms with E-state index in [-0.39, 0.29) is 12.4 Å². The molecule has 3 aromatic rings. The molecule has 0 spiro atoms. The first kappa shape index (κ1) is 20.6. The Bertz CT molecular complexity index is 952. The Morgan fingerprint density at radius 3 is 2.29 bits per heavy atom. The highest BCUT2D eigenvalue weighted by atomic mass is 79.9. The zero-order valence-electron chi connectivity index (χ0n) is 15.2. The molecule has 144 valence electrons. The number of hydrogen-bond donors (Lipinski definition) is 0. The lowest BCUT2D eigenvalue weighted by atomic mass is 10.2. The highest BCUT2D eigenvalue weighted by Crippen LogP contribution is 2.35. The van der Waals surface area contributed by atoms with Gasteiger partial charge in [-0.2, -0.15) is 0 Å². The second-order valence-electron chi connectivity index (χ2n) is 5.88. The first-order valence-electron chi connectivity index (χ1n) is 8.69. The molecule has 0 aromatic heterocycles. The van der Waals surface area contributed by atoms with Crippen molar-refractivity contribution in [2.45, 2.75) is 13.5 Å². The van der Waals surface area contributed by atoms with Gasteiger partial charge < -0.3 is 9.47 Å². The summed E-state index contributed by atoms with van der Waals surface area (Å²) in [6.07, 6.45) is 1.77. The molecule has 0 heterocycles. The van der Waals surface area contributed by atoms with E-state index < -0.39 is 0 Å². The molecule has 0 aliphatic heterocycles. The summed E-state index contributed by atoms with van der Waals surface area (Å²) in [6.45, 7) is 2.73. The number of nitrogens with zero attached hydrogens (tertiary/aromatic N) is 1. The lowest BCUT2D eigenvalue weighted by molar-refractivity contribution is 0.296. The maximum atomic E-state index is 13.8. The minimum atomic E-state index is -0.283. The molecule has 0 saturated carbocycles. The fourth-order valence-corrected chi connectivity index (χ4v) is 3.95. The van der Waals surface area contributed by atoms with E-state index in [2.05, 4.69) is 36.9 Å². The van der Waals surface area contributed by atoms with Crippen LogP contribution in [-0.2, 0) is 6.61 Å². The third kappa shape index (κ3) is 5.42. The standard InChI is InChI=1S/C22H18Br2FNO2/c1-2-27-18-9-7-17(8-10-18)26-13-15-11-19(23)22(20(24)12-15)28-14-16-5-3-4-6-21(16)25/h3-13H,2,14H2,1H3. The third-order valence-electron chi connectivity index (χ3n) is 3.86. The summed E-state index contributed by atoms with van der Waals surface area (Å²) in [5.74, 6) is 1.15. The summed E-state index contributed by atoms with van der Waals surface area (Å²) in [4.78, 5) is 4.48. The minimum Gasteiger partial charge on any atom is -0.494 e. The van der Waals surface area contributed by atoms with Crippen molar-refractivity contribution in [3.63, 3.8) is 0 Å². The Kier molecular flexibility index (Phi) is 7.23. The molecule has 0 bridgehead atoms. The van der Waals surface area contributed by atoms with Gasteiger partial charge in [0.15, 0.2) is 0 Å². The number of aliphatic imine (C=N–C) groups is 1. The van der Waals surface area contributed by atoms with E-state index in [1.807, 2.05) is 43.3 Å². The van der Waals surface area contributed by atoms with Crippen LogP contribution in [0.1, 0.15) is 18.1 Å². The largest absolute Gasteiger partial charge is 0.494 e. The van der Waals surface area contributed by atoms with Crippen LogP contribution in [0.15, 0.2) is 74.6 Å². The van der Waals surface area contributed by atoms with E-state index in [1.54, 1.807) is 24.4 Å². The van der Waals surface area contributed by atoms with Crippen LogP contribution >= 0.6 is 31.9 Å². The molecule has 0 fully saturated rings. The van der Waals surface area contributed by atoms with E-state index >= 15 is 0 Å². The van der Waals surface area contributed by atoms with Crippen LogP contribution in [0.5, 0.6) is 11.5 Å². The van der Waals surface area contributed by atoms with Crippen molar-refractivity contribution in [1.82, 2.24) is 0 Å². The van der Waals surface area contributed by atoms with E-state index in [4.69, 9.17) is 9.47 Å². The topological polar surface area (TPSA) is 30.8 Å². The van der Waals surface area contributed by atoms with E-state index in [0.717, 1.165) is 25.9 Å². The molecule has 0 radical (unpaired) electrons. The Hall–Kier alpha value is -2.18. The zero-order chi connectivity index (χ0) is 19.9. The molecule has 0 atom stereocenters. The molecular formula is C22H18Br2FNO2. The summed E-state index contributed by atoms with van der Waals surface area (Å²) in [5.41, 5.74) is 2.23. The lowest BCUT2D eigenvalue weighted by Crippen LogP contribution is -2.00. The van der Waals surface area contributed by atoms with Crippen LogP contribution in [0.25, 0.3) is 0 Å². The van der Waals surface area contributed by atoms with Crippen molar-refractivity contribution in [3.8, 4) is 11.5 Å². The smallest absolute Gasteiger partial charge is 0.148 e. The summed E-state index contributed by atoms with van der Waals surface area (Å²) >= 11 is 7.03. The summed E-state index contributed by atoms with van der Waals surface area (Å²) < 4.78 is 26.5. The van der Waals surface area contributed by atoms with Gasteiger partial charge in [0.1, 0.15) is 23.9 Å². The van der Waals surface area contributed by atoms with Crippen molar-refractivity contribution in [1.29, 1.82) is 0 Å². The first-order valence-corrected chi connectivity index (χ1v) is 10.3. The predicted molar refractivity (Wildman–Crippen MR) is 117 cm³/mol. The summed E-state index contributed by atoms with van der Waals surface area (Å²) in [7, 11) is 0. The van der Waals surface area contributed by atoms with Crippen LogP contribution < -0.4 is 9.47 Å². The molecule has 3 rings (SSSR count). The first-order chi connectivity index (χ1) is 13.6.